The highest BCUT2D eigenvalue weighted by Gasteiger charge is 2.21. The molecule has 0 aliphatic rings. The smallest absolute Gasteiger partial charge is 0.101 e. The summed E-state index contributed by atoms with van der Waals surface area (Å²) in [4.78, 5) is 9.80. The molecule has 9 aromatic rings. The summed E-state index contributed by atoms with van der Waals surface area (Å²) in [5.41, 5.74) is 10.2. The molecule has 0 radical (unpaired) electrons. The van der Waals surface area contributed by atoms with Gasteiger partial charge in [0.25, 0.3) is 0 Å². The predicted molar refractivity (Wildman–Crippen MR) is 185 cm³/mol. The molecular weight excluding hydrogens is 548 g/mol. The first-order chi connectivity index (χ1) is 22.3. The molecule has 0 aliphatic heterocycles. The minimum Gasteiger partial charge on any atom is -0.254 e. The van der Waals surface area contributed by atoms with E-state index in [9.17, 15) is 0 Å². The van der Waals surface area contributed by atoms with Crippen LogP contribution in [0.25, 0.3) is 82.8 Å². The number of rotatable bonds is 4. The van der Waals surface area contributed by atoms with Crippen molar-refractivity contribution >= 4 is 43.5 Å². The quantitative estimate of drug-likeness (QED) is 0.196. The number of benzene rings is 6. The summed E-state index contributed by atoms with van der Waals surface area (Å²) in [7, 11) is 0. The van der Waals surface area contributed by atoms with Gasteiger partial charge in [-0.1, -0.05) is 121 Å². The van der Waals surface area contributed by atoms with E-state index >= 15 is 0 Å². The van der Waals surface area contributed by atoms with Crippen molar-refractivity contribution < 1.29 is 0 Å². The zero-order valence-electron chi connectivity index (χ0n) is 24.3. The van der Waals surface area contributed by atoms with E-state index in [1.807, 2.05) is 12.3 Å². The van der Waals surface area contributed by atoms with Gasteiger partial charge < -0.3 is 0 Å². The largest absolute Gasteiger partial charge is 0.254 e. The molecule has 0 fully saturated rings. The Bertz CT molecular complexity index is 2530. The molecule has 4 heteroatoms. The van der Waals surface area contributed by atoms with E-state index in [4.69, 9.17) is 10.1 Å². The molecule has 9 rings (SSSR count). The monoisotopic (exact) mass is 574 g/mol. The van der Waals surface area contributed by atoms with Gasteiger partial charge >= 0.3 is 0 Å². The first-order valence-corrected chi connectivity index (χ1v) is 15.1. The van der Waals surface area contributed by atoms with Crippen molar-refractivity contribution in [1.82, 2.24) is 19.7 Å². The van der Waals surface area contributed by atoms with Gasteiger partial charge in [0, 0.05) is 38.9 Å². The molecule has 4 nitrogen and oxygen atoms in total. The summed E-state index contributed by atoms with van der Waals surface area (Å²) >= 11 is 0. The second kappa shape index (κ2) is 10.2. The van der Waals surface area contributed by atoms with Gasteiger partial charge in [-0.05, 0) is 46.8 Å². The molecule has 0 saturated carbocycles. The van der Waals surface area contributed by atoms with Crippen molar-refractivity contribution in [2.75, 3.05) is 0 Å². The Morgan fingerprint density at radius 2 is 1.18 bits per heavy atom. The Kier molecular flexibility index (Phi) is 5.78. The molecule has 0 unspecified atom stereocenters. The van der Waals surface area contributed by atoms with Crippen LogP contribution in [-0.4, -0.2) is 19.7 Å². The molecule has 0 aliphatic carbocycles. The van der Waals surface area contributed by atoms with Crippen LogP contribution in [0.3, 0.4) is 0 Å². The maximum absolute atomic E-state index is 5.38. The average Bonchev–Trinajstić information content (AvgIpc) is 3.53. The third kappa shape index (κ3) is 4.19. The van der Waals surface area contributed by atoms with Gasteiger partial charge in [0.05, 0.1) is 27.9 Å². The first-order valence-electron chi connectivity index (χ1n) is 15.1. The molecule has 45 heavy (non-hydrogen) atoms. The average molecular weight is 575 g/mol. The summed E-state index contributed by atoms with van der Waals surface area (Å²) < 4.78 is 2.12. The Hall–Kier alpha value is -6.13. The standard InChI is InChI=1S/C41H26N4/c1-3-11-27(12-4-1)35-26-31-15-7-8-19-34(31)41-37(35)38(28-13-5-2-6-14-28)44-45(41)33-18-9-16-32(25-33)36-23-22-30-21-20-29-17-10-24-42-39(29)40(30)43-36/h1-26H. The van der Waals surface area contributed by atoms with Crippen molar-refractivity contribution in [3.8, 4) is 39.3 Å². The fourth-order valence-electron chi connectivity index (χ4n) is 6.50. The van der Waals surface area contributed by atoms with Gasteiger partial charge in [0.2, 0.25) is 0 Å². The van der Waals surface area contributed by atoms with Crippen molar-refractivity contribution in [2.45, 2.75) is 0 Å². The highest BCUT2D eigenvalue weighted by atomic mass is 15.3. The van der Waals surface area contributed by atoms with Crippen LogP contribution in [0.15, 0.2) is 158 Å². The van der Waals surface area contributed by atoms with E-state index in [1.165, 1.54) is 16.5 Å². The second-order valence-electron chi connectivity index (χ2n) is 11.3. The molecule has 0 spiro atoms. The SMILES string of the molecule is c1ccc(-c2cc3ccccc3c3c2c(-c2ccccc2)nn3-c2cccc(-c3ccc4ccc5cccnc5c4n3)c2)cc1. The van der Waals surface area contributed by atoms with Crippen LogP contribution >= 0.6 is 0 Å². The molecule has 0 amide bonds. The topological polar surface area (TPSA) is 43.6 Å². The fourth-order valence-corrected chi connectivity index (χ4v) is 6.50. The number of aromatic nitrogens is 4. The normalized spacial score (nSPS) is 11.6. The number of pyridine rings is 2. The van der Waals surface area contributed by atoms with Gasteiger partial charge in [0.15, 0.2) is 0 Å². The van der Waals surface area contributed by atoms with E-state index < -0.39 is 0 Å². The van der Waals surface area contributed by atoms with E-state index in [-0.39, 0.29) is 0 Å². The molecule has 3 heterocycles. The molecule has 210 valence electrons. The third-order valence-electron chi connectivity index (χ3n) is 8.62. The van der Waals surface area contributed by atoms with Gasteiger partial charge in [-0.25, -0.2) is 9.67 Å². The molecule has 0 bridgehead atoms. The van der Waals surface area contributed by atoms with Crippen LogP contribution < -0.4 is 0 Å². The van der Waals surface area contributed by atoms with Crippen LogP contribution in [0.4, 0.5) is 0 Å². The second-order valence-corrected chi connectivity index (χ2v) is 11.3. The van der Waals surface area contributed by atoms with Crippen LogP contribution in [0.2, 0.25) is 0 Å². The van der Waals surface area contributed by atoms with Gasteiger partial charge in [-0.15, -0.1) is 0 Å². The van der Waals surface area contributed by atoms with E-state index in [1.54, 1.807) is 0 Å². The van der Waals surface area contributed by atoms with E-state index in [0.29, 0.717) is 0 Å². The zero-order chi connectivity index (χ0) is 29.7. The van der Waals surface area contributed by atoms with E-state index in [0.717, 1.165) is 66.3 Å². The van der Waals surface area contributed by atoms with Crippen LogP contribution in [0, 0.1) is 0 Å². The number of fused-ring (bicyclic) bond motifs is 6. The maximum Gasteiger partial charge on any atom is 0.101 e. The molecule has 0 atom stereocenters. The zero-order valence-corrected chi connectivity index (χ0v) is 24.3. The van der Waals surface area contributed by atoms with E-state index in [2.05, 4.69) is 155 Å². The van der Waals surface area contributed by atoms with Crippen LogP contribution in [0.5, 0.6) is 0 Å². The summed E-state index contributed by atoms with van der Waals surface area (Å²) in [5, 5.41) is 11.0. The van der Waals surface area contributed by atoms with Crippen LogP contribution in [0.1, 0.15) is 0 Å². The highest BCUT2D eigenvalue weighted by Crippen LogP contribution is 2.41. The van der Waals surface area contributed by atoms with Crippen molar-refractivity contribution in [1.29, 1.82) is 0 Å². The number of hydrogen-bond donors (Lipinski definition) is 0. The number of hydrogen-bond acceptors (Lipinski definition) is 3. The Labute approximate surface area is 259 Å². The molecule has 6 aromatic carbocycles. The van der Waals surface area contributed by atoms with Gasteiger partial charge in [-0.2, -0.15) is 5.10 Å². The molecule has 0 N–H and O–H groups in total. The predicted octanol–water partition coefficient (Wildman–Crippen LogP) is 10.3. The number of nitrogens with zero attached hydrogens (tertiary/aromatic N) is 4. The highest BCUT2D eigenvalue weighted by molar-refractivity contribution is 6.17. The van der Waals surface area contributed by atoms with Crippen LogP contribution in [-0.2, 0) is 0 Å². The van der Waals surface area contributed by atoms with Crippen molar-refractivity contribution in [3.05, 3.63) is 158 Å². The minimum atomic E-state index is 0.900. The summed E-state index contributed by atoms with van der Waals surface area (Å²) in [5.74, 6) is 0. The summed E-state index contributed by atoms with van der Waals surface area (Å²) in [6.07, 6.45) is 1.83. The molecule has 0 saturated heterocycles. The van der Waals surface area contributed by atoms with Crippen molar-refractivity contribution in [2.24, 2.45) is 0 Å². The lowest BCUT2D eigenvalue weighted by atomic mass is 9.94. The maximum atomic E-state index is 5.38. The lowest BCUT2D eigenvalue weighted by Gasteiger charge is -2.12. The molecule has 3 aromatic heterocycles. The van der Waals surface area contributed by atoms with Gasteiger partial charge in [0.1, 0.15) is 5.69 Å². The summed E-state index contributed by atoms with van der Waals surface area (Å²) in [6, 6.07) is 53.0. The minimum absolute atomic E-state index is 0.900. The Morgan fingerprint density at radius 1 is 0.489 bits per heavy atom. The first kappa shape index (κ1) is 25.4. The Morgan fingerprint density at radius 3 is 2.02 bits per heavy atom. The third-order valence-corrected chi connectivity index (χ3v) is 8.62. The lowest BCUT2D eigenvalue weighted by molar-refractivity contribution is 0.918. The summed E-state index contributed by atoms with van der Waals surface area (Å²) in [6.45, 7) is 0. The van der Waals surface area contributed by atoms with Crippen molar-refractivity contribution in [3.63, 3.8) is 0 Å². The fraction of sp³-hybridized carbons (Fsp3) is 0. The Balaban J connectivity index is 1.32. The molecular formula is C41H26N4. The lowest BCUT2D eigenvalue weighted by Crippen LogP contribution is -1.98. The van der Waals surface area contributed by atoms with Gasteiger partial charge in [-0.3, -0.25) is 4.98 Å².